The number of nitrogens with zero attached hydrogens (tertiary/aromatic N) is 1. The van der Waals surface area contributed by atoms with E-state index in [1.165, 1.54) is 0 Å². The van der Waals surface area contributed by atoms with Gasteiger partial charge >= 0.3 is 0 Å². The second-order valence-electron chi connectivity index (χ2n) is 5.33. The Bertz CT molecular complexity index is 511. The Morgan fingerprint density at radius 3 is 2.45 bits per heavy atom. The van der Waals surface area contributed by atoms with Gasteiger partial charge in [-0.3, -0.25) is 9.59 Å². The summed E-state index contributed by atoms with van der Waals surface area (Å²) in [6, 6.07) is 7.12. The summed E-state index contributed by atoms with van der Waals surface area (Å²) in [4.78, 5) is 25.3. The van der Waals surface area contributed by atoms with Crippen molar-refractivity contribution in [3.63, 3.8) is 0 Å². The Kier molecular flexibility index (Phi) is 9.32. The zero-order chi connectivity index (χ0) is 16.0. The second-order valence-corrected chi connectivity index (χ2v) is 6.18. The summed E-state index contributed by atoms with van der Waals surface area (Å²) in [6.07, 6.45) is 0. The maximum atomic E-state index is 12.0. The number of nitrogens with two attached hydrogens (primary N) is 1. The molecule has 7 heteroatoms. The highest BCUT2D eigenvalue weighted by Gasteiger charge is 2.18. The molecule has 0 heterocycles. The molecule has 124 valence electrons. The fourth-order valence-corrected chi connectivity index (χ4v) is 2.10. The molecular formula is C15H23BrClN3O2. The normalized spacial score (nSPS) is 11.5. The summed E-state index contributed by atoms with van der Waals surface area (Å²) in [6.45, 7) is 4.17. The van der Waals surface area contributed by atoms with Crippen molar-refractivity contribution in [2.75, 3.05) is 13.6 Å². The summed E-state index contributed by atoms with van der Waals surface area (Å²) in [5.41, 5.74) is 6.74. The van der Waals surface area contributed by atoms with Crippen LogP contribution in [0.4, 0.5) is 0 Å². The highest BCUT2D eigenvalue weighted by Crippen LogP contribution is 2.17. The topological polar surface area (TPSA) is 75.4 Å². The minimum atomic E-state index is -0.591. The van der Waals surface area contributed by atoms with Crippen LogP contribution in [0.5, 0.6) is 0 Å². The zero-order valence-electron chi connectivity index (χ0n) is 13.0. The first kappa shape index (κ1) is 20.9. The average molecular weight is 393 g/mol. The van der Waals surface area contributed by atoms with Gasteiger partial charge in [-0.2, -0.15) is 0 Å². The number of nitrogens with one attached hydrogen (secondary N) is 1. The molecule has 1 aromatic carbocycles. The van der Waals surface area contributed by atoms with Crippen molar-refractivity contribution in [1.82, 2.24) is 10.2 Å². The lowest BCUT2D eigenvalue weighted by molar-refractivity contribution is -0.132. The van der Waals surface area contributed by atoms with Crippen LogP contribution in [0.15, 0.2) is 28.7 Å². The molecule has 3 N–H and O–H groups in total. The molecule has 0 spiro atoms. The van der Waals surface area contributed by atoms with E-state index in [4.69, 9.17) is 5.73 Å². The van der Waals surface area contributed by atoms with E-state index in [1.54, 1.807) is 11.9 Å². The summed E-state index contributed by atoms with van der Waals surface area (Å²) in [7, 11) is 1.70. The van der Waals surface area contributed by atoms with E-state index in [1.807, 2.05) is 38.1 Å². The summed E-state index contributed by atoms with van der Waals surface area (Å²) in [5.74, 6) is -0.416. The predicted molar refractivity (Wildman–Crippen MR) is 93.7 cm³/mol. The van der Waals surface area contributed by atoms with Crippen LogP contribution >= 0.6 is 28.3 Å². The van der Waals surface area contributed by atoms with Gasteiger partial charge < -0.3 is 16.0 Å². The monoisotopic (exact) mass is 391 g/mol. The Morgan fingerprint density at radius 2 is 1.91 bits per heavy atom. The molecule has 0 saturated heterocycles. The number of likely N-dealkylation sites (N-methyl/N-ethyl adjacent to an activating group) is 1. The van der Waals surface area contributed by atoms with Crippen molar-refractivity contribution in [2.24, 2.45) is 11.7 Å². The van der Waals surface area contributed by atoms with Gasteiger partial charge in [0.1, 0.15) is 0 Å². The molecule has 5 nitrogen and oxygen atoms in total. The number of carbonyl (C=O) groups excluding carboxylic acids is 2. The molecule has 2 amide bonds. The Labute approximate surface area is 146 Å². The fraction of sp³-hybridized carbons (Fsp3) is 0.467. The lowest BCUT2D eigenvalue weighted by atomic mass is 10.1. The minimum absolute atomic E-state index is 0. The van der Waals surface area contributed by atoms with Gasteiger partial charge in [-0.25, -0.2) is 0 Å². The highest BCUT2D eigenvalue weighted by molar-refractivity contribution is 9.10. The number of carbonyl (C=O) groups is 2. The molecule has 0 saturated carbocycles. The van der Waals surface area contributed by atoms with Crippen LogP contribution in [-0.4, -0.2) is 36.3 Å². The predicted octanol–water partition coefficient (Wildman–Crippen LogP) is 1.93. The van der Waals surface area contributed by atoms with Crippen LogP contribution in [0.2, 0.25) is 0 Å². The highest BCUT2D eigenvalue weighted by atomic mass is 79.9. The van der Waals surface area contributed by atoms with Crippen LogP contribution in [0.3, 0.4) is 0 Å². The van der Waals surface area contributed by atoms with Crippen LogP contribution in [-0.2, 0) is 16.1 Å². The number of amides is 2. The molecule has 0 radical (unpaired) electrons. The van der Waals surface area contributed by atoms with Gasteiger partial charge in [-0.1, -0.05) is 48.0 Å². The van der Waals surface area contributed by atoms with E-state index in [0.717, 1.165) is 10.0 Å². The van der Waals surface area contributed by atoms with Gasteiger partial charge in [0, 0.05) is 18.1 Å². The number of hydrogen-bond donors (Lipinski definition) is 2. The molecule has 0 aliphatic carbocycles. The van der Waals surface area contributed by atoms with Gasteiger partial charge in [-0.05, 0) is 17.5 Å². The molecule has 0 bridgehead atoms. The number of benzene rings is 1. The zero-order valence-corrected chi connectivity index (χ0v) is 15.4. The lowest BCUT2D eigenvalue weighted by Crippen LogP contribution is -2.47. The van der Waals surface area contributed by atoms with Crippen molar-refractivity contribution in [2.45, 2.75) is 26.4 Å². The molecule has 0 aliphatic heterocycles. The first-order valence-electron chi connectivity index (χ1n) is 6.83. The summed E-state index contributed by atoms with van der Waals surface area (Å²) >= 11 is 3.45. The molecule has 0 unspecified atom stereocenters. The Balaban J connectivity index is 0.00000441. The van der Waals surface area contributed by atoms with Crippen molar-refractivity contribution < 1.29 is 9.59 Å². The molecule has 1 atom stereocenters. The van der Waals surface area contributed by atoms with Crippen LogP contribution in [0.25, 0.3) is 0 Å². The summed E-state index contributed by atoms with van der Waals surface area (Å²) < 4.78 is 0.954. The van der Waals surface area contributed by atoms with Gasteiger partial charge in [0.05, 0.1) is 12.6 Å². The molecule has 1 aromatic rings. The van der Waals surface area contributed by atoms with E-state index in [2.05, 4.69) is 21.2 Å². The minimum Gasteiger partial charge on any atom is -0.346 e. The van der Waals surface area contributed by atoms with Gasteiger partial charge in [0.15, 0.2) is 0 Å². The first-order valence-corrected chi connectivity index (χ1v) is 7.63. The molecule has 22 heavy (non-hydrogen) atoms. The van der Waals surface area contributed by atoms with Crippen LogP contribution in [0.1, 0.15) is 19.4 Å². The Hall–Kier alpha value is -1.11. The van der Waals surface area contributed by atoms with E-state index in [0.29, 0.717) is 6.54 Å². The van der Waals surface area contributed by atoms with Crippen molar-refractivity contribution >= 4 is 40.2 Å². The largest absolute Gasteiger partial charge is 0.346 e. The van der Waals surface area contributed by atoms with E-state index in [-0.39, 0.29) is 36.7 Å². The summed E-state index contributed by atoms with van der Waals surface area (Å²) in [5, 5.41) is 2.58. The van der Waals surface area contributed by atoms with Crippen LogP contribution < -0.4 is 11.1 Å². The van der Waals surface area contributed by atoms with E-state index < -0.39 is 6.04 Å². The third-order valence-electron chi connectivity index (χ3n) is 3.23. The standard InChI is InChI=1S/C15H22BrN3O2.ClH/c1-10(2)14(17)15(21)18-8-13(20)19(3)9-11-6-4-5-7-12(11)16;/h4-7,10,14H,8-9,17H2,1-3H3,(H,18,21);1H/t14-;/m0./s1. The third-order valence-corrected chi connectivity index (χ3v) is 4.00. The molecule has 0 aromatic heterocycles. The van der Waals surface area contributed by atoms with Crippen molar-refractivity contribution in [3.8, 4) is 0 Å². The number of hydrogen-bond acceptors (Lipinski definition) is 3. The molecule has 1 rings (SSSR count). The maximum Gasteiger partial charge on any atom is 0.242 e. The SMILES string of the molecule is CC(C)[C@H](N)C(=O)NCC(=O)N(C)Cc1ccccc1Br.Cl. The number of rotatable bonds is 6. The van der Waals surface area contributed by atoms with E-state index in [9.17, 15) is 9.59 Å². The smallest absolute Gasteiger partial charge is 0.242 e. The second kappa shape index (κ2) is 9.82. The van der Waals surface area contributed by atoms with Crippen molar-refractivity contribution in [1.29, 1.82) is 0 Å². The van der Waals surface area contributed by atoms with E-state index >= 15 is 0 Å². The number of halogens is 2. The van der Waals surface area contributed by atoms with Gasteiger partial charge in [-0.15, -0.1) is 12.4 Å². The molecule has 0 fully saturated rings. The molecular weight excluding hydrogens is 370 g/mol. The van der Waals surface area contributed by atoms with Gasteiger partial charge in [0.2, 0.25) is 11.8 Å². The van der Waals surface area contributed by atoms with Crippen LogP contribution in [0, 0.1) is 5.92 Å². The lowest BCUT2D eigenvalue weighted by Gasteiger charge is -2.20. The average Bonchev–Trinajstić information content (AvgIpc) is 2.45. The Morgan fingerprint density at radius 1 is 1.32 bits per heavy atom. The quantitative estimate of drug-likeness (QED) is 0.777. The maximum absolute atomic E-state index is 12.0. The van der Waals surface area contributed by atoms with Crippen molar-refractivity contribution in [3.05, 3.63) is 34.3 Å². The third kappa shape index (κ3) is 6.34. The molecule has 0 aliphatic rings. The van der Waals surface area contributed by atoms with Gasteiger partial charge in [0.25, 0.3) is 0 Å². The fourth-order valence-electron chi connectivity index (χ4n) is 1.69. The first-order chi connectivity index (χ1) is 9.82.